The molecule has 4 fully saturated rings. The summed E-state index contributed by atoms with van der Waals surface area (Å²) in [5, 5.41) is 5.68. The maximum Gasteiger partial charge on any atom is 0.255 e. The maximum atomic E-state index is 15.7. The number of benzene rings is 1. The van der Waals surface area contributed by atoms with Crippen LogP contribution in [0.5, 0.6) is 0 Å². The lowest BCUT2D eigenvalue weighted by molar-refractivity contribution is -0.136. The van der Waals surface area contributed by atoms with Crippen LogP contribution in [-0.2, 0) is 25.6 Å². The lowest BCUT2D eigenvalue weighted by atomic mass is 9.94. The molecule has 1 atom stereocenters. The second-order valence-electron chi connectivity index (χ2n) is 11.6. The second-order valence-corrected chi connectivity index (χ2v) is 11.6. The molecule has 3 amide bonds. The lowest BCUT2D eigenvalue weighted by Crippen LogP contribution is -2.52. The van der Waals surface area contributed by atoms with E-state index < -0.39 is 11.9 Å². The SMILES string of the molecule is O=C1CCC(N2Cc3c(ccc(N4CCC(OC5CCC(OC6CCNCC6)CC5)CC4)c3F)C2=O)C(=O)N1. The smallest absolute Gasteiger partial charge is 0.255 e. The fourth-order valence-corrected chi connectivity index (χ4v) is 6.85. The van der Waals surface area contributed by atoms with Gasteiger partial charge in [0, 0.05) is 30.6 Å². The quantitative estimate of drug-likeness (QED) is 0.533. The third kappa shape index (κ3) is 5.69. The molecule has 39 heavy (non-hydrogen) atoms. The van der Waals surface area contributed by atoms with Crippen molar-refractivity contribution in [1.29, 1.82) is 0 Å². The second kappa shape index (κ2) is 11.5. The number of imide groups is 1. The highest BCUT2D eigenvalue weighted by molar-refractivity contribution is 6.05. The molecule has 1 aromatic rings. The van der Waals surface area contributed by atoms with Gasteiger partial charge in [0.25, 0.3) is 5.91 Å². The Labute approximate surface area is 228 Å². The van der Waals surface area contributed by atoms with E-state index in [1.165, 1.54) is 4.90 Å². The number of nitrogens with zero attached hydrogens (tertiary/aromatic N) is 2. The molecule has 1 aromatic carbocycles. The molecule has 4 aliphatic heterocycles. The summed E-state index contributed by atoms with van der Waals surface area (Å²) in [6, 6.07) is 2.62. The van der Waals surface area contributed by atoms with Gasteiger partial charge in [-0.25, -0.2) is 4.39 Å². The van der Waals surface area contributed by atoms with Crippen molar-refractivity contribution >= 4 is 23.4 Å². The number of hydrogen-bond donors (Lipinski definition) is 2. The highest BCUT2D eigenvalue weighted by Crippen LogP contribution is 2.35. The first-order valence-corrected chi connectivity index (χ1v) is 14.7. The summed E-state index contributed by atoms with van der Waals surface area (Å²) < 4.78 is 28.5. The van der Waals surface area contributed by atoms with Crippen LogP contribution in [0.3, 0.4) is 0 Å². The van der Waals surface area contributed by atoms with Gasteiger partial charge in [0.2, 0.25) is 11.8 Å². The third-order valence-corrected chi connectivity index (χ3v) is 9.09. The van der Waals surface area contributed by atoms with E-state index in [2.05, 4.69) is 10.6 Å². The van der Waals surface area contributed by atoms with E-state index >= 15 is 4.39 Å². The summed E-state index contributed by atoms with van der Waals surface area (Å²) in [5.41, 5.74) is 1.14. The largest absolute Gasteiger partial charge is 0.375 e. The van der Waals surface area contributed by atoms with Crippen LogP contribution in [0.4, 0.5) is 10.1 Å². The first kappa shape index (κ1) is 26.7. The van der Waals surface area contributed by atoms with Gasteiger partial charge in [0.1, 0.15) is 6.04 Å². The van der Waals surface area contributed by atoms with E-state index in [-0.39, 0.29) is 49.2 Å². The van der Waals surface area contributed by atoms with Crippen LogP contribution in [-0.4, -0.2) is 79.3 Å². The number of anilines is 1. The van der Waals surface area contributed by atoms with Gasteiger partial charge < -0.3 is 24.6 Å². The molecule has 1 saturated carbocycles. The molecule has 4 heterocycles. The molecule has 10 heteroatoms. The van der Waals surface area contributed by atoms with Crippen molar-refractivity contribution in [3.05, 3.63) is 29.1 Å². The number of fused-ring (bicyclic) bond motifs is 1. The predicted octanol–water partition coefficient (Wildman–Crippen LogP) is 2.65. The molecule has 9 nitrogen and oxygen atoms in total. The van der Waals surface area contributed by atoms with Crippen molar-refractivity contribution in [3.63, 3.8) is 0 Å². The van der Waals surface area contributed by atoms with E-state index in [4.69, 9.17) is 9.47 Å². The van der Waals surface area contributed by atoms with Crippen molar-refractivity contribution in [1.82, 2.24) is 15.5 Å². The Hall–Kier alpha value is -2.56. The molecule has 0 radical (unpaired) electrons. The standard InChI is InChI=1S/C29H39FN4O5/c30-27-23-17-34(25-7-8-26(35)32-28(25)36)29(37)22(23)5-6-24(27)33-15-11-21(12-16-33)39-19-3-1-18(2-4-19)38-20-9-13-31-14-10-20/h5-6,18-21,25,31H,1-4,7-17H2,(H,32,35,36). The van der Waals surface area contributed by atoms with Crippen LogP contribution >= 0.6 is 0 Å². The number of amides is 3. The summed E-state index contributed by atoms with van der Waals surface area (Å²) in [6.45, 7) is 3.54. The van der Waals surface area contributed by atoms with E-state index in [0.29, 0.717) is 42.1 Å². The molecule has 0 aromatic heterocycles. The summed E-state index contributed by atoms with van der Waals surface area (Å²) in [5.74, 6) is -1.57. The summed E-state index contributed by atoms with van der Waals surface area (Å²) in [4.78, 5) is 40.2. The predicted molar refractivity (Wildman–Crippen MR) is 142 cm³/mol. The van der Waals surface area contributed by atoms with Crippen molar-refractivity contribution in [2.24, 2.45) is 0 Å². The normalized spacial score (nSPS) is 29.1. The first-order valence-electron chi connectivity index (χ1n) is 14.7. The molecule has 212 valence electrons. The third-order valence-electron chi connectivity index (χ3n) is 9.09. The van der Waals surface area contributed by atoms with Gasteiger partial charge in [-0.1, -0.05) is 0 Å². The minimum atomic E-state index is -0.746. The number of ether oxygens (including phenoxy) is 2. The molecule has 3 saturated heterocycles. The van der Waals surface area contributed by atoms with E-state index in [1.807, 2.05) is 4.90 Å². The fraction of sp³-hybridized carbons (Fsp3) is 0.690. The summed E-state index contributed by atoms with van der Waals surface area (Å²) in [7, 11) is 0. The van der Waals surface area contributed by atoms with Gasteiger partial charge >= 0.3 is 0 Å². The number of halogens is 1. The highest BCUT2D eigenvalue weighted by Gasteiger charge is 2.41. The zero-order chi connectivity index (χ0) is 26.9. The lowest BCUT2D eigenvalue weighted by Gasteiger charge is -2.38. The van der Waals surface area contributed by atoms with Gasteiger partial charge in [-0.3, -0.25) is 19.7 Å². The van der Waals surface area contributed by atoms with Gasteiger partial charge in [0.05, 0.1) is 36.6 Å². The Balaban J connectivity index is 0.997. The fourth-order valence-electron chi connectivity index (χ4n) is 6.85. The monoisotopic (exact) mass is 542 g/mol. The van der Waals surface area contributed by atoms with Crippen LogP contribution in [0.15, 0.2) is 12.1 Å². The Morgan fingerprint density at radius 2 is 1.41 bits per heavy atom. The minimum absolute atomic E-state index is 0.0454. The van der Waals surface area contributed by atoms with Crippen molar-refractivity contribution in [3.8, 4) is 0 Å². The van der Waals surface area contributed by atoms with Crippen LogP contribution < -0.4 is 15.5 Å². The molecule has 6 rings (SSSR count). The van der Waals surface area contributed by atoms with Crippen molar-refractivity contribution in [2.75, 3.05) is 31.1 Å². The topological polar surface area (TPSA) is 100 Å². The average molecular weight is 543 g/mol. The number of hydrogen-bond acceptors (Lipinski definition) is 7. The average Bonchev–Trinajstić information content (AvgIpc) is 3.28. The van der Waals surface area contributed by atoms with Gasteiger partial charge in [0.15, 0.2) is 5.82 Å². The summed E-state index contributed by atoms with van der Waals surface area (Å²) in [6.07, 6.45) is 9.71. The minimum Gasteiger partial charge on any atom is -0.375 e. The van der Waals surface area contributed by atoms with Crippen LogP contribution in [0, 0.1) is 5.82 Å². The summed E-state index contributed by atoms with van der Waals surface area (Å²) >= 11 is 0. The molecule has 5 aliphatic rings. The van der Waals surface area contributed by atoms with Crippen LogP contribution in [0.25, 0.3) is 0 Å². The molecule has 0 spiro atoms. The molecule has 1 aliphatic carbocycles. The number of carbonyl (C=O) groups excluding carboxylic acids is 3. The highest BCUT2D eigenvalue weighted by atomic mass is 19.1. The maximum absolute atomic E-state index is 15.7. The van der Waals surface area contributed by atoms with Gasteiger partial charge in [-0.15, -0.1) is 0 Å². The van der Waals surface area contributed by atoms with E-state index in [0.717, 1.165) is 64.5 Å². The molecule has 0 bridgehead atoms. The van der Waals surface area contributed by atoms with Crippen molar-refractivity contribution in [2.45, 2.75) is 101 Å². The van der Waals surface area contributed by atoms with Gasteiger partial charge in [-0.05, 0) is 83.0 Å². The number of piperidine rings is 3. The molecular formula is C29H39FN4O5. The number of rotatable bonds is 6. The van der Waals surface area contributed by atoms with Crippen molar-refractivity contribution < 1.29 is 28.2 Å². The van der Waals surface area contributed by atoms with Crippen LogP contribution in [0.1, 0.15) is 80.1 Å². The molecule has 1 unspecified atom stereocenters. The first-order chi connectivity index (χ1) is 19.0. The number of carbonyl (C=O) groups is 3. The van der Waals surface area contributed by atoms with Gasteiger partial charge in [-0.2, -0.15) is 0 Å². The Morgan fingerprint density at radius 1 is 0.795 bits per heavy atom. The van der Waals surface area contributed by atoms with E-state index in [9.17, 15) is 14.4 Å². The molecule has 2 N–H and O–H groups in total. The van der Waals surface area contributed by atoms with E-state index in [1.54, 1.807) is 12.1 Å². The Morgan fingerprint density at radius 3 is 2.05 bits per heavy atom. The Bertz CT molecular complexity index is 1090. The zero-order valence-corrected chi connectivity index (χ0v) is 22.5. The number of nitrogens with one attached hydrogen (secondary N) is 2. The van der Waals surface area contributed by atoms with Crippen LogP contribution in [0.2, 0.25) is 0 Å². The zero-order valence-electron chi connectivity index (χ0n) is 22.5. The molecular weight excluding hydrogens is 503 g/mol. The Kier molecular flexibility index (Phi) is 7.86.